The Morgan fingerprint density at radius 2 is 1.95 bits per heavy atom. The first-order valence-corrected chi connectivity index (χ1v) is 6.76. The van der Waals surface area contributed by atoms with Crippen LogP contribution in [0, 0.1) is 5.92 Å². The zero-order valence-corrected chi connectivity index (χ0v) is 12.2. The second kappa shape index (κ2) is 7.62. The van der Waals surface area contributed by atoms with Crippen LogP contribution in [0.4, 0.5) is 0 Å². The van der Waals surface area contributed by atoms with Gasteiger partial charge in [-0.25, -0.2) is 0 Å². The van der Waals surface area contributed by atoms with Gasteiger partial charge in [-0.05, 0) is 18.1 Å². The molecule has 1 aromatic heterocycles. The number of hydrogen-bond acceptors (Lipinski definition) is 2. The minimum atomic E-state index is -0.162. The third kappa shape index (κ3) is 4.12. The van der Waals surface area contributed by atoms with Gasteiger partial charge in [-0.3, -0.25) is 4.79 Å². The van der Waals surface area contributed by atoms with Gasteiger partial charge in [-0.1, -0.05) is 45.4 Å². The van der Waals surface area contributed by atoms with Crippen molar-refractivity contribution in [2.75, 3.05) is 7.11 Å². The molecule has 0 aliphatic carbocycles. The molecule has 0 fully saturated rings. The molecule has 0 saturated carbocycles. The number of carbonyl (C=O) groups is 1. The Bertz CT molecular complexity index is 516. The average Bonchev–Trinajstić information content (AvgIpc) is 2.82. The third-order valence-corrected chi connectivity index (χ3v) is 2.80. The van der Waals surface area contributed by atoms with E-state index in [0.29, 0.717) is 6.42 Å². The smallest absolute Gasteiger partial charge is 0.308 e. The van der Waals surface area contributed by atoms with Crippen LogP contribution in [0.3, 0.4) is 0 Å². The molecule has 1 heterocycles. The predicted octanol–water partition coefficient (Wildman–Crippen LogP) is 3.94. The zero-order chi connectivity index (χ0) is 14.3. The van der Waals surface area contributed by atoms with Gasteiger partial charge in [-0.15, -0.1) is 0 Å². The largest absolute Gasteiger partial charge is 0.469 e. The molecule has 19 heavy (non-hydrogen) atoms. The van der Waals surface area contributed by atoms with Gasteiger partial charge in [0.1, 0.15) is 0 Å². The van der Waals surface area contributed by atoms with Crippen molar-refractivity contribution in [1.82, 2.24) is 4.98 Å². The van der Waals surface area contributed by atoms with Crippen LogP contribution in [0.25, 0.3) is 10.9 Å². The normalized spacial score (nSPS) is 11.6. The number of fused-ring (bicyclic) bond motifs is 1. The SMILES string of the molecule is CCC.COC(=O)C(C)Cc1c[nH]c2ccccc12. The maximum atomic E-state index is 11.3. The number of carbonyl (C=O) groups excluding carboxylic acids is 1. The summed E-state index contributed by atoms with van der Waals surface area (Å²) in [5, 5.41) is 1.18. The number of rotatable bonds is 3. The predicted molar refractivity (Wildman–Crippen MR) is 79.1 cm³/mol. The van der Waals surface area contributed by atoms with Crippen molar-refractivity contribution in [1.29, 1.82) is 0 Å². The summed E-state index contributed by atoms with van der Waals surface area (Å²) in [7, 11) is 1.42. The number of nitrogens with one attached hydrogen (secondary N) is 1. The fourth-order valence-corrected chi connectivity index (χ4v) is 1.91. The van der Waals surface area contributed by atoms with Crippen LogP contribution in [0.5, 0.6) is 0 Å². The maximum absolute atomic E-state index is 11.3. The first-order valence-electron chi connectivity index (χ1n) is 6.76. The number of H-pyrrole nitrogens is 1. The van der Waals surface area contributed by atoms with E-state index in [2.05, 4.69) is 24.9 Å². The van der Waals surface area contributed by atoms with Crippen molar-refractivity contribution in [3.63, 3.8) is 0 Å². The van der Waals surface area contributed by atoms with Crippen molar-refractivity contribution in [2.45, 2.75) is 33.6 Å². The topological polar surface area (TPSA) is 42.1 Å². The molecule has 1 atom stereocenters. The van der Waals surface area contributed by atoms with Crippen LogP contribution in [0.15, 0.2) is 30.5 Å². The number of aromatic amines is 1. The fraction of sp³-hybridized carbons (Fsp3) is 0.438. The average molecular weight is 261 g/mol. The van der Waals surface area contributed by atoms with Crippen LogP contribution >= 0.6 is 0 Å². The number of benzene rings is 1. The Balaban J connectivity index is 0.000000550. The first kappa shape index (κ1) is 15.3. The minimum Gasteiger partial charge on any atom is -0.469 e. The molecule has 0 amide bonds. The number of esters is 1. The Labute approximate surface area is 115 Å². The van der Waals surface area contributed by atoms with Crippen LogP contribution < -0.4 is 0 Å². The standard InChI is InChI=1S/C13H15NO2.C3H8/c1-9(13(15)16-2)7-10-8-14-12-6-4-3-5-11(10)12;1-3-2/h3-6,8-9,14H,7H2,1-2H3;3H2,1-2H3. The summed E-state index contributed by atoms with van der Waals surface area (Å²) in [4.78, 5) is 14.5. The van der Waals surface area contributed by atoms with Gasteiger partial charge >= 0.3 is 5.97 Å². The van der Waals surface area contributed by atoms with Gasteiger partial charge in [-0.2, -0.15) is 0 Å². The summed E-state index contributed by atoms with van der Waals surface area (Å²) in [6, 6.07) is 8.08. The summed E-state index contributed by atoms with van der Waals surface area (Å²) in [5.41, 5.74) is 2.27. The van der Waals surface area contributed by atoms with E-state index in [-0.39, 0.29) is 11.9 Å². The van der Waals surface area contributed by atoms with Gasteiger partial charge < -0.3 is 9.72 Å². The molecule has 2 aromatic rings. The van der Waals surface area contributed by atoms with Crippen LogP contribution in [-0.4, -0.2) is 18.1 Å². The van der Waals surface area contributed by atoms with E-state index in [0.717, 1.165) is 11.1 Å². The Hall–Kier alpha value is -1.77. The first-order chi connectivity index (χ1) is 9.13. The van der Waals surface area contributed by atoms with E-state index in [1.165, 1.54) is 18.9 Å². The number of ether oxygens (including phenoxy) is 1. The highest BCUT2D eigenvalue weighted by atomic mass is 16.5. The molecule has 2 rings (SSSR count). The highest BCUT2D eigenvalue weighted by Gasteiger charge is 2.15. The fourth-order valence-electron chi connectivity index (χ4n) is 1.91. The maximum Gasteiger partial charge on any atom is 0.308 e. The summed E-state index contributed by atoms with van der Waals surface area (Å²) in [6.45, 7) is 6.13. The van der Waals surface area contributed by atoms with Crippen LogP contribution in [0.2, 0.25) is 0 Å². The molecule has 1 aromatic carbocycles. The molecular formula is C16H23NO2. The van der Waals surface area contributed by atoms with Crippen molar-refractivity contribution >= 4 is 16.9 Å². The highest BCUT2D eigenvalue weighted by Crippen LogP contribution is 2.20. The molecule has 3 nitrogen and oxygen atoms in total. The summed E-state index contributed by atoms with van der Waals surface area (Å²) < 4.78 is 4.72. The summed E-state index contributed by atoms with van der Waals surface area (Å²) in [6.07, 6.45) is 3.92. The monoisotopic (exact) mass is 261 g/mol. The van der Waals surface area contributed by atoms with Crippen molar-refractivity contribution < 1.29 is 9.53 Å². The number of methoxy groups -OCH3 is 1. The highest BCUT2D eigenvalue weighted by molar-refractivity contribution is 5.83. The second-order valence-electron chi connectivity index (χ2n) is 4.69. The van der Waals surface area contributed by atoms with E-state index in [1.54, 1.807) is 0 Å². The lowest BCUT2D eigenvalue weighted by atomic mass is 10.0. The minimum absolute atomic E-state index is 0.107. The van der Waals surface area contributed by atoms with Crippen molar-refractivity contribution in [3.05, 3.63) is 36.0 Å². The summed E-state index contributed by atoms with van der Waals surface area (Å²) in [5.74, 6) is -0.269. The Morgan fingerprint density at radius 3 is 2.58 bits per heavy atom. The van der Waals surface area contributed by atoms with Gasteiger partial charge in [0.2, 0.25) is 0 Å². The van der Waals surface area contributed by atoms with E-state index in [9.17, 15) is 4.79 Å². The third-order valence-electron chi connectivity index (χ3n) is 2.80. The van der Waals surface area contributed by atoms with E-state index >= 15 is 0 Å². The lowest BCUT2D eigenvalue weighted by Crippen LogP contribution is -2.14. The van der Waals surface area contributed by atoms with Gasteiger partial charge in [0.25, 0.3) is 0 Å². The lowest BCUT2D eigenvalue weighted by Gasteiger charge is -2.07. The number of para-hydroxylation sites is 1. The molecule has 3 heteroatoms. The molecule has 0 aliphatic heterocycles. The van der Waals surface area contributed by atoms with E-state index in [1.807, 2.05) is 31.3 Å². The van der Waals surface area contributed by atoms with Crippen molar-refractivity contribution in [3.8, 4) is 0 Å². The molecule has 1 N–H and O–H groups in total. The van der Waals surface area contributed by atoms with Crippen LogP contribution in [-0.2, 0) is 16.0 Å². The van der Waals surface area contributed by atoms with Gasteiger partial charge in [0.05, 0.1) is 13.0 Å². The van der Waals surface area contributed by atoms with Gasteiger partial charge in [0.15, 0.2) is 0 Å². The molecule has 0 bridgehead atoms. The van der Waals surface area contributed by atoms with E-state index in [4.69, 9.17) is 4.74 Å². The zero-order valence-electron chi connectivity index (χ0n) is 12.2. The molecule has 0 spiro atoms. The summed E-state index contributed by atoms with van der Waals surface area (Å²) >= 11 is 0. The second-order valence-corrected chi connectivity index (χ2v) is 4.69. The quantitative estimate of drug-likeness (QED) is 0.850. The number of aromatic nitrogens is 1. The van der Waals surface area contributed by atoms with Crippen LogP contribution in [0.1, 0.15) is 32.8 Å². The molecular weight excluding hydrogens is 238 g/mol. The molecule has 104 valence electrons. The molecule has 0 aliphatic rings. The molecule has 0 saturated heterocycles. The number of hydrogen-bond donors (Lipinski definition) is 1. The molecule has 0 radical (unpaired) electrons. The Kier molecular flexibility index (Phi) is 6.13. The Morgan fingerprint density at radius 1 is 1.32 bits per heavy atom. The van der Waals surface area contributed by atoms with Gasteiger partial charge in [0, 0.05) is 17.1 Å². The lowest BCUT2D eigenvalue weighted by molar-refractivity contribution is -0.144. The molecule has 1 unspecified atom stereocenters. The van der Waals surface area contributed by atoms with Crippen molar-refractivity contribution in [2.24, 2.45) is 5.92 Å². The van der Waals surface area contributed by atoms with E-state index < -0.39 is 0 Å².